The molecule has 2 rings (SSSR count). The van der Waals surface area contributed by atoms with Gasteiger partial charge in [0.15, 0.2) is 0 Å². The van der Waals surface area contributed by atoms with Gasteiger partial charge in [0.2, 0.25) is 0 Å². The third-order valence-corrected chi connectivity index (χ3v) is 3.73. The Labute approximate surface area is 123 Å². The lowest BCUT2D eigenvalue weighted by molar-refractivity contribution is 0.308. The molecule has 0 atom stereocenters. The van der Waals surface area contributed by atoms with Gasteiger partial charge in [0, 0.05) is 16.1 Å². The Kier molecular flexibility index (Phi) is 5.52. The fourth-order valence-corrected chi connectivity index (χ4v) is 2.53. The molecule has 0 saturated carbocycles. The number of hydrogen-bond donors (Lipinski definition) is 0. The molecule has 0 aliphatic carbocycles. The zero-order chi connectivity index (χ0) is 13.5. The van der Waals surface area contributed by atoms with Gasteiger partial charge in [-0.15, -0.1) is 0 Å². The van der Waals surface area contributed by atoms with Gasteiger partial charge in [-0.2, -0.15) is 0 Å². The highest BCUT2D eigenvalue weighted by Crippen LogP contribution is 2.30. The van der Waals surface area contributed by atoms with Crippen molar-refractivity contribution in [2.45, 2.75) is 25.7 Å². The fourth-order valence-electron chi connectivity index (χ4n) is 2.13. The Morgan fingerprint density at radius 1 is 0.895 bits per heavy atom. The van der Waals surface area contributed by atoms with E-state index < -0.39 is 0 Å². The first-order chi connectivity index (χ1) is 9.33. The predicted molar refractivity (Wildman–Crippen MR) is 84.5 cm³/mol. The summed E-state index contributed by atoms with van der Waals surface area (Å²) < 4.78 is 5.86. The number of halogens is 1. The van der Waals surface area contributed by atoms with Crippen molar-refractivity contribution in [2.75, 3.05) is 11.9 Å². The minimum atomic E-state index is 0.556. The van der Waals surface area contributed by atoms with Crippen molar-refractivity contribution in [3.8, 4) is 5.75 Å². The zero-order valence-corrected chi connectivity index (χ0v) is 12.6. The fraction of sp³-hybridized carbons (Fsp3) is 0.375. The van der Waals surface area contributed by atoms with E-state index in [2.05, 4.69) is 15.9 Å². The van der Waals surface area contributed by atoms with Crippen LogP contribution < -0.4 is 10.5 Å². The van der Waals surface area contributed by atoms with Gasteiger partial charge in [-0.1, -0.05) is 53.0 Å². The maximum atomic E-state index is 7.89. The minimum absolute atomic E-state index is 0.556. The molecular weight excluding hydrogens is 302 g/mol. The van der Waals surface area contributed by atoms with Crippen molar-refractivity contribution in [3.05, 3.63) is 36.4 Å². The zero-order valence-electron chi connectivity index (χ0n) is 11.0. The molecule has 0 bridgehead atoms. The molecular formula is C16H19BrNO. The van der Waals surface area contributed by atoms with Gasteiger partial charge in [-0.25, -0.2) is 0 Å². The normalized spacial score (nSPS) is 10.8. The Morgan fingerprint density at radius 2 is 1.63 bits per heavy atom. The standard InChI is InChI=1S/C16H19BrNO/c17-11-5-1-2-6-12-19-16-10-9-15(18)13-7-3-4-8-14(13)16/h3-4,7-10,18H,1-2,5-6,11-12H2. The molecule has 1 radical (unpaired) electrons. The molecule has 3 heteroatoms. The summed E-state index contributed by atoms with van der Waals surface area (Å²) in [7, 11) is 0. The van der Waals surface area contributed by atoms with E-state index in [1.165, 1.54) is 19.3 Å². The molecule has 0 saturated heterocycles. The van der Waals surface area contributed by atoms with Crippen LogP contribution in [0.4, 0.5) is 5.69 Å². The molecule has 0 unspecified atom stereocenters. The SMILES string of the molecule is [NH]c1ccc(OCCCCCCBr)c2ccccc12. The minimum Gasteiger partial charge on any atom is -0.493 e. The highest BCUT2D eigenvalue weighted by atomic mass is 79.9. The van der Waals surface area contributed by atoms with E-state index >= 15 is 0 Å². The Bertz CT molecular complexity index is 527. The number of ether oxygens (including phenoxy) is 1. The molecule has 0 spiro atoms. The van der Waals surface area contributed by atoms with Crippen molar-refractivity contribution in [1.29, 1.82) is 0 Å². The van der Waals surface area contributed by atoms with E-state index in [0.717, 1.165) is 34.9 Å². The quantitative estimate of drug-likeness (QED) is 0.516. The summed E-state index contributed by atoms with van der Waals surface area (Å²) in [6, 6.07) is 11.7. The lowest BCUT2D eigenvalue weighted by Crippen LogP contribution is -1.98. The second-order valence-corrected chi connectivity index (χ2v) is 5.40. The molecule has 2 aromatic rings. The van der Waals surface area contributed by atoms with Crippen LogP contribution in [0.2, 0.25) is 0 Å². The molecule has 0 aromatic heterocycles. The van der Waals surface area contributed by atoms with E-state index in [0.29, 0.717) is 5.69 Å². The highest BCUT2D eigenvalue weighted by Gasteiger charge is 2.04. The number of unbranched alkanes of at least 4 members (excludes halogenated alkanes) is 3. The van der Waals surface area contributed by atoms with E-state index in [-0.39, 0.29) is 0 Å². The third kappa shape index (κ3) is 3.87. The summed E-state index contributed by atoms with van der Waals surface area (Å²) in [6.07, 6.45) is 4.78. The molecule has 0 aliphatic rings. The summed E-state index contributed by atoms with van der Waals surface area (Å²) in [5.74, 6) is 0.895. The largest absolute Gasteiger partial charge is 0.493 e. The van der Waals surface area contributed by atoms with E-state index in [9.17, 15) is 0 Å². The number of nitrogens with one attached hydrogen (secondary N) is 1. The summed E-state index contributed by atoms with van der Waals surface area (Å²) in [6.45, 7) is 0.754. The summed E-state index contributed by atoms with van der Waals surface area (Å²) >= 11 is 3.44. The number of benzene rings is 2. The van der Waals surface area contributed by atoms with Crippen LogP contribution >= 0.6 is 15.9 Å². The van der Waals surface area contributed by atoms with E-state index in [4.69, 9.17) is 10.5 Å². The first-order valence-electron chi connectivity index (χ1n) is 6.75. The molecule has 0 aliphatic heterocycles. The number of fused-ring (bicyclic) bond motifs is 1. The number of rotatable bonds is 7. The van der Waals surface area contributed by atoms with Gasteiger partial charge in [0.1, 0.15) is 5.75 Å². The molecule has 101 valence electrons. The van der Waals surface area contributed by atoms with Crippen molar-refractivity contribution in [3.63, 3.8) is 0 Å². The maximum absolute atomic E-state index is 7.89. The first kappa shape index (κ1) is 14.2. The van der Waals surface area contributed by atoms with Crippen LogP contribution in [-0.4, -0.2) is 11.9 Å². The molecule has 0 heterocycles. The van der Waals surface area contributed by atoms with Gasteiger partial charge < -0.3 is 10.5 Å². The third-order valence-electron chi connectivity index (χ3n) is 3.17. The van der Waals surface area contributed by atoms with Crippen molar-refractivity contribution in [1.82, 2.24) is 5.73 Å². The Morgan fingerprint density at radius 3 is 2.42 bits per heavy atom. The van der Waals surface area contributed by atoms with Gasteiger partial charge in [-0.3, -0.25) is 0 Å². The maximum Gasteiger partial charge on any atom is 0.127 e. The van der Waals surface area contributed by atoms with E-state index in [1.807, 2.05) is 36.4 Å². The monoisotopic (exact) mass is 320 g/mol. The van der Waals surface area contributed by atoms with Crippen LogP contribution in [0.25, 0.3) is 10.8 Å². The van der Waals surface area contributed by atoms with Crippen LogP contribution in [-0.2, 0) is 0 Å². The molecule has 0 amide bonds. The second-order valence-electron chi connectivity index (χ2n) is 4.61. The van der Waals surface area contributed by atoms with Crippen LogP contribution in [0.3, 0.4) is 0 Å². The topological polar surface area (TPSA) is 33.0 Å². The summed E-state index contributed by atoms with van der Waals surface area (Å²) in [4.78, 5) is 0. The van der Waals surface area contributed by atoms with Gasteiger partial charge in [-0.05, 0) is 25.0 Å². The second kappa shape index (κ2) is 7.39. The van der Waals surface area contributed by atoms with Crippen LogP contribution in [0.5, 0.6) is 5.75 Å². The molecule has 2 aromatic carbocycles. The van der Waals surface area contributed by atoms with Crippen molar-refractivity contribution in [2.24, 2.45) is 0 Å². The average Bonchev–Trinajstić information content (AvgIpc) is 2.45. The van der Waals surface area contributed by atoms with Crippen molar-refractivity contribution >= 4 is 32.4 Å². The van der Waals surface area contributed by atoms with Gasteiger partial charge >= 0.3 is 0 Å². The lowest BCUT2D eigenvalue weighted by atomic mass is 10.1. The summed E-state index contributed by atoms with van der Waals surface area (Å²) in [5.41, 5.74) is 8.45. The van der Waals surface area contributed by atoms with Crippen molar-refractivity contribution < 1.29 is 4.74 Å². The molecule has 1 N–H and O–H groups in total. The molecule has 2 nitrogen and oxygen atoms in total. The average molecular weight is 321 g/mol. The molecule has 0 fully saturated rings. The Balaban J connectivity index is 1.96. The lowest BCUT2D eigenvalue weighted by Gasteiger charge is -2.10. The van der Waals surface area contributed by atoms with Crippen LogP contribution in [0, 0.1) is 0 Å². The van der Waals surface area contributed by atoms with Crippen LogP contribution in [0.15, 0.2) is 36.4 Å². The van der Waals surface area contributed by atoms with Gasteiger partial charge in [0.25, 0.3) is 0 Å². The smallest absolute Gasteiger partial charge is 0.127 e. The Hall–Kier alpha value is -1.22. The van der Waals surface area contributed by atoms with E-state index in [1.54, 1.807) is 0 Å². The van der Waals surface area contributed by atoms with Crippen LogP contribution in [0.1, 0.15) is 25.7 Å². The predicted octanol–water partition coefficient (Wildman–Crippen LogP) is 5.09. The number of alkyl halides is 1. The molecule has 19 heavy (non-hydrogen) atoms. The van der Waals surface area contributed by atoms with Gasteiger partial charge in [0.05, 0.1) is 12.3 Å². The highest BCUT2D eigenvalue weighted by molar-refractivity contribution is 9.09. The summed E-state index contributed by atoms with van der Waals surface area (Å²) in [5, 5.41) is 3.08. The number of hydrogen-bond acceptors (Lipinski definition) is 1. The first-order valence-corrected chi connectivity index (χ1v) is 7.87.